The van der Waals surface area contributed by atoms with Gasteiger partial charge >= 0.3 is 0 Å². The van der Waals surface area contributed by atoms with Gasteiger partial charge in [0.1, 0.15) is 0 Å². The van der Waals surface area contributed by atoms with E-state index in [0.29, 0.717) is 0 Å². The molecule has 0 spiro atoms. The van der Waals surface area contributed by atoms with Gasteiger partial charge in [-0.15, -0.1) is 11.3 Å². The molecular weight excluding hydrogens is 178 g/mol. The van der Waals surface area contributed by atoms with Crippen LogP contribution in [0, 0.1) is 11.8 Å². The molecule has 1 aromatic rings. The molecule has 0 bridgehead atoms. The Balaban J connectivity index is 2.54. The van der Waals surface area contributed by atoms with E-state index in [1.165, 1.54) is 11.3 Å². The average Bonchev–Trinajstić information content (AvgIpc) is 2.50. The van der Waals surface area contributed by atoms with Crippen LogP contribution in [0.25, 0.3) is 0 Å². The first-order valence-electron chi connectivity index (χ1n) is 4.97. The largest absolute Gasteiger partial charge is 0.398 e. The highest BCUT2D eigenvalue weighted by atomic mass is 32.1. The van der Waals surface area contributed by atoms with Gasteiger partial charge in [0.05, 0.1) is 0 Å². The topological polar surface area (TPSA) is 26.0 Å². The van der Waals surface area contributed by atoms with Gasteiger partial charge in [0.25, 0.3) is 0 Å². The van der Waals surface area contributed by atoms with Gasteiger partial charge in [0.15, 0.2) is 0 Å². The van der Waals surface area contributed by atoms with E-state index in [1.807, 2.05) is 6.07 Å². The van der Waals surface area contributed by atoms with Crippen LogP contribution in [-0.2, 0) is 6.42 Å². The van der Waals surface area contributed by atoms with Crippen molar-refractivity contribution in [2.24, 2.45) is 11.8 Å². The fourth-order valence-corrected chi connectivity index (χ4v) is 2.35. The molecule has 1 heterocycles. The summed E-state index contributed by atoms with van der Waals surface area (Å²) in [5.41, 5.74) is 6.81. The summed E-state index contributed by atoms with van der Waals surface area (Å²) in [6.45, 7) is 6.88. The molecule has 1 aromatic heterocycles. The molecule has 0 saturated heterocycles. The van der Waals surface area contributed by atoms with Gasteiger partial charge in [-0.1, -0.05) is 27.2 Å². The highest BCUT2D eigenvalue weighted by molar-refractivity contribution is 7.10. The Bertz CT molecular complexity index is 254. The van der Waals surface area contributed by atoms with Crippen LogP contribution in [0.1, 0.15) is 32.1 Å². The lowest BCUT2D eigenvalue weighted by atomic mass is 9.90. The van der Waals surface area contributed by atoms with Crippen molar-refractivity contribution < 1.29 is 0 Å². The molecule has 0 aliphatic heterocycles. The molecule has 13 heavy (non-hydrogen) atoms. The summed E-state index contributed by atoms with van der Waals surface area (Å²) in [6.07, 6.45) is 2.39. The lowest BCUT2D eigenvalue weighted by Crippen LogP contribution is -2.09. The van der Waals surface area contributed by atoms with Crippen LogP contribution in [0.5, 0.6) is 0 Å². The molecule has 1 rings (SSSR count). The van der Waals surface area contributed by atoms with E-state index in [2.05, 4.69) is 26.2 Å². The second-order valence-corrected chi connectivity index (χ2v) is 4.87. The van der Waals surface area contributed by atoms with Crippen molar-refractivity contribution >= 4 is 17.0 Å². The molecule has 2 atom stereocenters. The fourth-order valence-electron chi connectivity index (χ4n) is 1.41. The smallest absolute Gasteiger partial charge is 0.0455 e. The molecule has 0 aliphatic carbocycles. The Labute approximate surface area is 85.0 Å². The highest BCUT2D eigenvalue weighted by Crippen LogP contribution is 2.26. The van der Waals surface area contributed by atoms with E-state index in [9.17, 15) is 0 Å². The Morgan fingerprint density at radius 2 is 2.08 bits per heavy atom. The lowest BCUT2D eigenvalue weighted by molar-refractivity contribution is 0.377. The van der Waals surface area contributed by atoms with Gasteiger partial charge in [-0.3, -0.25) is 0 Å². The fraction of sp³-hybridized carbons (Fsp3) is 0.636. The van der Waals surface area contributed by atoms with Crippen LogP contribution in [0.3, 0.4) is 0 Å². The Morgan fingerprint density at radius 3 is 2.54 bits per heavy atom. The normalized spacial score (nSPS) is 15.6. The Hall–Kier alpha value is -0.500. The van der Waals surface area contributed by atoms with E-state index in [1.54, 1.807) is 11.3 Å². The van der Waals surface area contributed by atoms with Crippen LogP contribution in [0.4, 0.5) is 5.69 Å². The minimum atomic E-state index is 0.742. The monoisotopic (exact) mass is 197 g/mol. The van der Waals surface area contributed by atoms with E-state index in [0.717, 1.165) is 23.9 Å². The number of thiophene rings is 1. The quantitative estimate of drug-likeness (QED) is 0.784. The van der Waals surface area contributed by atoms with E-state index >= 15 is 0 Å². The molecule has 2 heteroatoms. The van der Waals surface area contributed by atoms with Crippen molar-refractivity contribution in [2.45, 2.75) is 33.6 Å². The minimum absolute atomic E-state index is 0.742. The van der Waals surface area contributed by atoms with Gasteiger partial charge in [-0.2, -0.15) is 0 Å². The third kappa shape index (κ3) is 2.73. The molecule has 2 N–H and O–H groups in total. The highest BCUT2D eigenvalue weighted by Gasteiger charge is 2.12. The van der Waals surface area contributed by atoms with Gasteiger partial charge in [-0.25, -0.2) is 0 Å². The molecule has 0 unspecified atom stereocenters. The summed E-state index contributed by atoms with van der Waals surface area (Å²) in [7, 11) is 0. The van der Waals surface area contributed by atoms with Crippen molar-refractivity contribution in [3.63, 3.8) is 0 Å². The number of nitrogens with two attached hydrogens (primary N) is 1. The van der Waals surface area contributed by atoms with Crippen LogP contribution < -0.4 is 5.73 Å². The van der Waals surface area contributed by atoms with E-state index in [-0.39, 0.29) is 0 Å². The summed E-state index contributed by atoms with van der Waals surface area (Å²) in [6, 6.07) is 2.00. The van der Waals surface area contributed by atoms with Gasteiger partial charge < -0.3 is 5.73 Å². The molecule has 0 saturated carbocycles. The number of anilines is 1. The van der Waals surface area contributed by atoms with Crippen molar-refractivity contribution in [1.29, 1.82) is 0 Å². The van der Waals surface area contributed by atoms with E-state index in [4.69, 9.17) is 5.73 Å². The zero-order valence-electron chi connectivity index (χ0n) is 8.71. The average molecular weight is 197 g/mol. The summed E-state index contributed by atoms with van der Waals surface area (Å²) in [5.74, 6) is 1.53. The molecule has 74 valence electrons. The van der Waals surface area contributed by atoms with Crippen LogP contribution in [0.15, 0.2) is 11.4 Å². The molecule has 0 aromatic carbocycles. The molecule has 1 nitrogen and oxygen atoms in total. The second-order valence-electron chi connectivity index (χ2n) is 3.87. The standard InChI is InChI=1S/C11H19NS/c1-4-8(2)9(3)7-11-10(12)5-6-13-11/h5-6,8-9H,4,7,12H2,1-3H3/t8-,9-/m0/s1. The van der Waals surface area contributed by atoms with Crippen LogP contribution >= 0.6 is 11.3 Å². The summed E-state index contributed by atoms with van der Waals surface area (Å²) in [4.78, 5) is 1.35. The second kappa shape index (κ2) is 4.66. The first kappa shape index (κ1) is 10.6. The van der Waals surface area contributed by atoms with Crippen molar-refractivity contribution in [3.05, 3.63) is 16.3 Å². The lowest BCUT2D eigenvalue weighted by Gasteiger charge is -2.17. The third-order valence-electron chi connectivity index (χ3n) is 2.90. The number of nitrogen functional groups attached to an aromatic ring is 1. The van der Waals surface area contributed by atoms with Gasteiger partial charge in [0, 0.05) is 10.6 Å². The predicted octanol–water partition coefficient (Wildman–Crippen LogP) is 3.56. The molecule has 0 radical (unpaired) electrons. The van der Waals surface area contributed by atoms with Crippen LogP contribution in [0.2, 0.25) is 0 Å². The van der Waals surface area contributed by atoms with Crippen molar-refractivity contribution in [2.75, 3.05) is 5.73 Å². The Kier molecular flexibility index (Phi) is 3.79. The maximum atomic E-state index is 5.84. The number of hydrogen-bond donors (Lipinski definition) is 1. The van der Waals surface area contributed by atoms with E-state index < -0.39 is 0 Å². The maximum absolute atomic E-state index is 5.84. The van der Waals surface area contributed by atoms with Crippen LogP contribution in [-0.4, -0.2) is 0 Å². The molecule has 0 fully saturated rings. The summed E-state index contributed by atoms with van der Waals surface area (Å²) in [5, 5.41) is 2.08. The zero-order chi connectivity index (χ0) is 9.84. The molecule has 0 amide bonds. The number of rotatable bonds is 4. The first-order valence-corrected chi connectivity index (χ1v) is 5.85. The predicted molar refractivity (Wildman–Crippen MR) is 61.1 cm³/mol. The minimum Gasteiger partial charge on any atom is -0.398 e. The Morgan fingerprint density at radius 1 is 1.38 bits per heavy atom. The van der Waals surface area contributed by atoms with Crippen molar-refractivity contribution in [3.8, 4) is 0 Å². The molecule has 0 aliphatic rings. The summed E-state index contributed by atoms with van der Waals surface area (Å²) < 4.78 is 0. The molecular formula is C11H19NS. The third-order valence-corrected chi connectivity index (χ3v) is 3.86. The zero-order valence-corrected chi connectivity index (χ0v) is 9.53. The summed E-state index contributed by atoms with van der Waals surface area (Å²) >= 11 is 1.78. The maximum Gasteiger partial charge on any atom is 0.0455 e. The first-order chi connectivity index (χ1) is 6.15. The SMILES string of the molecule is CC[C@H](C)[C@@H](C)Cc1sccc1N. The van der Waals surface area contributed by atoms with Gasteiger partial charge in [-0.05, 0) is 29.7 Å². The van der Waals surface area contributed by atoms with Gasteiger partial charge in [0.2, 0.25) is 0 Å². The van der Waals surface area contributed by atoms with Crippen molar-refractivity contribution in [1.82, 2.24) is 0 Å². The number of hydrogen-bond acceptors (Lipinski definition) is 2.